The van der Waals surface area contributed by atoms with E-state index in [1.54, 1.807) is 17.8 Å². The van der Waals surface area contributed by atoms with E-state index in [1.807, 2.05) is 0 Å². The van der Waals surface area contributed by atoms with Crippen molar-refractivity contribution in [1.29, 1.82) is 0 Å². The zero-order valence-corrected chi connectivity index (χ0v) is 11.4. The van der Waals surface area contributed by atoms with Gasteiger partial charge in [-0.2, -0.15) is 4.40 Å². The second-order valence-corrected chi connectivity index (χ2v) is 6.36. The van der Waals surface area contributed by atoms with E-state index in [1.165, 1.54) is 37.4 Å². The Balaban J connectivity index is 2.31. The molecule has 0 aliphatic heterocycles. The summed E-state index contributed by atoms with van der Waals surface area (Å²) in [5, 5.41) is 11.3. The molecule has 1 atom stereocenters. The highest BCUT2D eigenvalue weighted by atomic mass is 32.2. The van der Waals surface area contributed by atoms with Crippen molar-refractivity contribution in [2.24, 2.45) is 4.40 Å². The fraction of sp³-hybridized carbons (Fsp3) is 0.364. The van der Waals surface area contributed by atoms with Gasteiger partial charge in [-0.15, -0.1) is 11.8 Å². The van der Waals surface area contributed by atoms with E-state index in [2.05, 4.69) is 4.40 Å². The average molecular weight is 284 g/mol. The van der Waals surface area contributed by atoms with Crippen LogP contribution in [0.25, 0.3) is 0 Å². The van der Waals surface area contributed by atoms with Crippen LogP contribution in [0.4, 0.5) is 5.69 Å². The summed E-state index contributed by atoms with van der Waals surface area (Å²) in [7, 11) is -1.30. The predicted molar refractivity (Wildman–Crippen MR) is 73.6 cm³/mol. The SMILES string of the molecule is C[S@](=O)/N=C/c1cc([N+](=O)[O-])ccc1SC1CC1. The lowest BCUT2D eigenvalue weighted by Crippen LogP contribution is -1.94. The van der Waals surface area contributed by atoms with Crippen molar-refractivity contribution in [3.8, 4) is 0 Å². The second kappa shape index (κ2) is 5.62. The van der Waals surface area contributed by atoms with Gasteiger partial charge >= 0.3 is 0 Å². The summed E-state index contributed by atoms with van der Waals surface area (Å²) in [6.07, 6.45) is 5.27. The number of rotatable bonds is 5. The van der Waals surface area contributed by atoms with Crippen LogP contribution in [0.5, 0.6) is 0 Å². The van der Waals surface area contributed by atoms with Crippen LogP contribution >= 0.6 is 11.8 Å². The van der Waals surface area contributed by atoms with Crippen molar-refractivity contribution in [2.75, 3.05) is 6.26 Å². The maximum atomic E-state index is 11.0. The van der Waals surface area contributed by atoms with Gasteiger partial charge < -0.3 is 0 Å². The molecule has 0 aromatic heterocycles. The number of hydrogen-bond donors (Lipinski definition) is 0. The topological polar surface area (TPSA) is 72.6 Å². The molecule has 2 rings (SSSR count). The van der Waals surface area contributed by atoms with Gasteiger partial charge in [0.05, 0.1) is 4.92 Å². The Bertz CT molecular complexity index is 527. The van der Waals surface area contributed by atoms with E-state index < -0.39 is 15.9 Å². The molecular weight excluding hydrogens is 272 g/mol. The Morgan fingerprint density at radius 1 is 1.56 bits per heavy atom. The fourth-order valence-corrected chi connectivity index (χ4v) is 2.74. The highest BCUT2D eigenvalue weighted by Gasteiger charge is 2.24. The van der Waals surface area contributed by atoms with Crippen molar-refractivity contribution in [1.82, 2.24) is 0 Å². The summed E-state index contributed by atoms with van der Waals surface area (Å²) in [5.41, 5.74) is 0.690. The summed E-state index contributed by atoms with van der Waals surface area (Å²) in [6.45, 7) is 0. The van der Waals surface area contributed by atoms with Crippen molar-refractivity contribution < 1.29 is 9.13 Å². The van der Waals surface area contributed by atoms with Crippen molar-refractivity contribution in [3.63, 3.8) is 0 Å². The Labute approximate surface area is 111 Å². The molecule has 1 fully saturated rings. The third kappa shape index (κ3) is 3.64. The largest absolute Gasteiger partial charge is 0.270 e. The van der Waals surface area contributed by atoms with Crippen LogP contribution < -0.4 is 0 Å². The van der Waals surface area contributed by atoms with Gasteiger partial charge in [-0.25, -0.2) is 4.21 Å². The van der Waals surface area contributed by atoms with Gasteiger partial charge in [0.25, 0.3) is 5.69 Å². The normalized spacial score (nSPS) is 16.9. The lowest BCUT2D eigenvalue weighted by Gasteiger charge is -2.04. The lowest BCUT2D eigenvalue weighted by molar-refractivity contribution is -0.384. The smallest absolute Gasteiger partial charge is 0.258 e. The third-order valence-corrected chi connectivity index (χ3v) is 4.20. The molecule has 0 unspecified atom stereocenters. The van der Waals surface area contributed by atoms with Crippen LogP contribution in [0.3, 0.4) is 0 Å². The summed E-state index contributed by atoms with van der Waals surface area (Å²) >= 11 is 1.70. The minimum Gasteiger partial charge on any atom is -0.258 e. The molecule has 0 spiro atoms. The van der Waals surface area contributed by atoms with Gasteiger partial charge in [0.2, 0.25) is 0 Å². The first-order valence-corrected chi connectivity index (χ1v) is 7.78. The minimum atomic E-state index is -1.30. The van der Waals surface area contributed by atoms with Gasteiger partial charge in [-0.05, 0) is 18.9 Å². The summed E-state index contributed by atoms with van der Waals surface area (Å²) < 4.78 is 14.7. The Morgan fingerprint density at radius 2 is 2.28 bits per heavy atom. The first kappa shape index (κ1) is 13.2. The maximum absolute atomic E-state index is 11.0. The number of thioether (sulfide) groups is 1. The minimum absolute atomic E-state index is 0.0264. The van der Waals surface area contributed by atoms with Gasteiger partial charge in [0.15, 0.2) is 0 Å². The number of nitro groups is 1. The molecule has 1 aromatic carbocycles. The zero-order chi connectivity index (χ0) is 13.1. The lowest BCUT2D eigenvalue weighted by atomic mass is 10.2. The predicted octanol–water partition coefficient (Wildman–Crippen LogP) is 2.56. The van der Waals surface area contributed by atoms with Crippen molar-refractivity contribution >= 4 is 34.6 Å². The molecule has 0 saturated heterocycles. The Hall–Kier alpha value is -1.21. The van der Waals surface area contributed by atoms with Gasteiger partial charge in [0.1, 0.15) is 11.0 Å². The van der Waals surface area contributed by atoms with Crippen LogP contribution in [-0.2, 0) is 11.0 Å². The molecule has 7 heteroatoms. The molecule has 1 aliphatic rings. The van der Waals surface area contributed by atoms with Crippen LogP contribution in [0.15, 0.2) is 27.5 Å². The Morgan fingerprint density at radius 3 is 2.83 bits per heavy atom. The first-order chi connectivity index (χ1) is 8.56. The number of benzene rings is 1. The van der Waals surface area contributed by atoms with E-state index in [0.29, 0.717) is 10.8 Å². The third-order valence-electron chi connectivity index (χ3n) is 2.36. The summed E-state index contributed by atoms with van der Waals surface area (Å²) in [5.74, 6) is 0. The highest BCUT2D eigenvalue weighted by Crippen LogP contribution is 2.40. The molecule has 0 N–H and O–H groups in total. The molecule has 1 aliphatic carbocycles. The number of hydrogen-bond acceptors (Lipinski definition) is 4. The molecule has 0 amide bonds. The standard InChI is InChI=1S/C11H12N2O3S2/c1-18(16)12-7-8-6-9(13(14)15)2-5-11(8)17-10-3-4-10/h2,5-7,10H,3-4H2,1H3/b12-7+/t18-/m0/s1. The number of nitrogens with zero attached hydrogens (tertiary/aromatic N) is 2. The average Bonchev–Trinajstić information content (AvgIpc) is 3.11. The van der Waals surface area contributed by atoms with E-state index in [9.17, 15) is 14.3 Å². The molecule has 96 valence electrons. The molecular formula is C11H12N2O3S2. The maximum Gasteiger partial charge on any atom is 0.270 e. The first-order valence-electron chi connectivity index (χ1n) is 5.39. The molecule has 5 nitrogen and oxygen atoms in total. The van der Waals surface area contributed by atoms with Crippen molar-refractivity contribution in [3.05, 3.63) is 33.9 Å². The van der Waals surface area contributed by atoms with Crippen LogP contribution in [-0.4, -0.2) is 26.9 Å². The zero-order valence-electron chi connectivity index (χ0n) is 9.74. The quantitative estimate of drug-likeness (QED) is 0.473. The fourth-order valence-electron chi connectivity index (χ4n) is 1.35. The molecule has 0 heterocycles. The highest BCUT2D eigenvalue weighted by molar-refractivity contribution is 8.00. The molecule has 0 radical (unpaired) electrons. The van der Waals surface area contributed by atoms with Gasteiger partial charge in [-0.3, -0.25) is 10.1 Å². The van der Waals surface area contributed by atoms with Gasteiger partial charge in [0, 0.05) is 40.3 Å². The van der Waals surface area contributed by atoms with Gasteiger partial charge in [-0.1, -0.05) is 0 Å². The molecule has 1 aromatic rings. The van der Waals surface area contributed by atoms with Crippen LogP contribution in [0, 0.1) is 10.1 Å². The van der Waals surface area contributed by atoms with E-state index in [4.69, 9.17) is 0 Å². The molecule has 0 bridgehead atoms. The van der Waals surface area contributed by atoms with E-state index in [0.717, 1.165) is 4.90 Å². The molecule has 18 heavy (non-hydrogen) atoms. The number of nitro benzene ring substituents is 1. The second-order valence-electron chi connectivity index (χ2n) is 3.95. The monoisotopic (exact) mass is 284 g/mol. The van der Waals surface area contributed by atoms with Crippen LogP contribution in [0.2, 0.25) is 0 Å². The van der Waals surface area contributed by atoms with E-state index in [-0.39, 0.29) is 5.69 Å². The summed E-state index contributed by atoms with van der Waals surface area (Å²) in [4.78, 5) is 11.2. The summed E-state index contributed by atoms with van der Waals surface area (Å²) in [6, 6.07) is 4.70. The van der Waals surface area contributed by atoms with Crippen molar-refractivity contribution in [2.45, 2.75) is 23.0 Å². The van der Waals surface area contributed by atoms with Crippen LogP contribution in [0.1, 0.15) is 18.4 Å². The Kier molecular flexibility index (Phi) is 4.13. The molecule has 1 saturated carbocycles. The van der Waals surface area contributed by atoms with E-state index >= 15 is 0 Å². The number of non-ortho nitro benzene ring substituents is 1.